The Bertz CT molecular complexity index is 1380. The molecular weight excluding hydrogens is 486 g/mol. The lowest BCUT2D eigenvalue weighted by Crippen LogP contribution is -2.22. The highest BCUT2D eigenvalue weighted by molar-refractivity contribution is 6.30. The summed E-state index contributed by atoms with van der Waals surface area (Å²) < 4.78 is 36.8. The molecule has 0 saturated heterocycles. The first-order chi connectivity index (χ1) is 17.4. The smallest absolute Gasteiger partial charge is 0.335 e. The van der Waals surface area contributed by atoms with Gasteiger partial charge in [0.2, 0.25) is 0 Å². The summed E-state index contributed by atoms with van der Waals surface area (Å²) >= 11 is 6.10. The number of aromatic carboxylic acids is 1. The molecule has 1 unspecified atom stereocenters. The highest BCUT2D eigenvalue weighted by Gasteiger charge is 2.32. The van der Waals surface area contributed by atoms with Crippen LogP contribution in [0.2, 0.25) is 5.02 Å². The molecule has 1 aliphatic rings. The average Bonchev–Trinajstić information content (AvgIpc) is 3.23. The second-order valence-corrected chi connectivity index (χ2v) is 9.63. The van der Waals surface area contributed by atoms with Crippen LogP contribution in [0, 0.1) is 17.6 Å². The zero-order chi connectivity index (χ0) is 25.2. The predicted octanol–water partition coefficient (Wildman–Crippen LogP) is 7.49. The SMILES string of the molecule is O=C(O)c1ccc(COC(c2c3cc(F)c(F)cc3nn2-c2ccc(Cl)cc2)C2CCCCC2)cc1. The molecule has 8 heteroatoms. The minimum absolute atomic E-state index is 0.163. The van der Waals surface area contributed by atoms with Gasteiger partial charge in [-0.15, -0.1) is 0 Å². The van der Waals surface area contributed by atoms with E-state index in [1.54, 1.807) is 41.1 Å². The Balaban J connectivity index is 1.60. The Morgan fingerprint density at radius 1 is 1.03 bits per heavy atom. The molecule has 1 N–H and O–H groups in total. The van der Waals surface area contributed by atoms with Crippen LogP contribution >= 0.6 is 11.6 Å². The molecule has 5 rings (SSSR count). The number of nitrogens with zero attached hydrogens (tertiary/aromatic N) is 2. The normalized spacial score (nSPS) is 15.3. The van der Waals surface area contributed by atoms with Crippen molar-refractivity contribution in [2.45, 2.75) is 44.8 Å². The molecule has 3 aromatic carbocycles. The first-order valence-electron chi connectivity index (χ1n) is 12.0. The summed E-state index contributed by atoms with van der Waals surface area (Å²) in [5.74, 6) is -2.72. The van der Waals surface area contributed by atoms with E-state index in [1.165, 1.54) is 6.07 Å². The topological polar surface area (TPSA) is 64.3 Å². The van der Waals surface area contributed by atoms with Crippen LogP contribution in [0.4, 0.5) is 8.78 Å². The summed E-state index contributed by atoms with van der Waals surface area (Å²) in [6.45, 7) is 0.234. The number of carboxylic acids is 1. The quantitative estimate of drug-likeness (QED) is 0.279. The number of carboxylic acid groups (broad SMARTS) is 1. The Labute approximate surface area is 212 Å². The van der Waals surface area contributed by atoms with E-state index in [4.69, 9.17) is 16.3 Å². The largest absolute Gasteiger partial charge is 0.478 e. The van der Waals surface area contributed by atoms with Crippen LogP contribution in [0.5, 0.6) is 0 Å². The van der Waals surface area contributed by atoms with Crippen LogP contribution in [-0.2, 0) is 11.3 Å². The van der Waals surface area contributed by atoms with Crippen molar-refractivity contribution in [3.63, 3.8) is 0 Å². The van der Waals surface area contributed by atoms with Crippen LogP contribution in [0.3, 0.4) is 0 Å². The Hall–Kier alpha value is -3.29. The number of rotatable bonds is 7. The predicted molar refractivity (Wildman–Crippen MR) is 134 cm³/mol. The molecule has 1 aliphatic carbocycles. The zero-order valence-electron chi connectivity index (χ0n) is 19.5. The molecule has 0 spiro atoms. The van der Waals surface area contributed by atoms with Crippen molar-refractivity contribution in [2.75, 3.05) is 0 Å². The molecule has 0 bridgehead atoms. The van der Waals surface area contributed by atoms with E-state index >= 15 is 0 Å². The molecule has 0 radical (unpaired) electrons. The Morgan fingerprint density at radius 3 is 2.36 bits per heavy atom. The van der Waals surface area contributed by atoms with E-state index in [1.807, 2.05) is 12.1 Å². The van der Waals surface area contributed by atoms with Crippen molar-refractivity contribution in [1.29, 1.82) is 0 Å². The maximum Gasteiger partial charge on any atom is 0.335 e. The van der Waals surface area contributed by atoms with Crippen LogP contribution in [0.25, 0.3) is 16.6 Å². The fourth-order valence-electron chi connectivity index (χ4n) is 4.96. The first kappa shape index (κ1) is 24.4. The van der Waals surface area contributed by atoms with Gasteiger partial charge in [-0.1, -0.05) is 43.0 Å². The van der Waals surface area contributed by atoms with Gasteiger partial charge >= 0.3 is 5.97 Å². The minimum atomic E-state index is -0.991. The number of ether oxygens (including phenoxy) is 1. The number of fused-ring (bicyclic) bond motifs is 1. The number of hydrogen-bond donors (Lipinski definition) is 1. The summed E-state index contributed by atoms with van der Waals surface area (Å²) in [5.41, 5.74) is 2.74. The van der Waals surface area contributed by atoms with Crippen molar-refractivity contribution in [3.8, 4) is 5.69 Å². The third-order valence-electron chi connectivity index (χ3n) is 6.80. The fourth-order valence-corrected chi connectivity index (χ4v) is 5.08. The highest BCUT2D eigenvalue weighted by Crippen LogP contribution is 2.41. The molecule has 186 valence electrons. The van der Waals surface area contributed by atoms with Gasteiger partial charge in [-0.05, 0) is 66.8 Å². The van der Waals surface area contributed by atoms with Crippen molar-refractivity contribution >= 4 is 28.5 Å². The van der Waals surface area contributed by atoms with Crippen molar-refractivity contribution in [2.24, 2.45) is 5.92 Å². The van der Waals surface area contributed by atoms with Gasteiger partial charge in [-0.25, -0.2) is 18.3 Å². The van der Waals surface area contributed by atoms with E-state index in [9.17, 15) is 18.7 Å². The molecule has 4 aromatic rings. The van der Waals surface area contributed by atoms with Crippen LogP contribution in [0.15, 0.2) is 60.7 Å². The van der Waals surface area contributed by atoms with E-state index in [0.29, 0.717) is 27.3 Å². The number of hydrogen-bond acceptors (Lipinski definition) is 3. The lowest BCUT2D eigenvalue weighted by atomic mass is 9.83. The van der Waals surface area contributed by atoms with Crippen molar-refractivity contribution in [3.05, 3.63) is 94.1 Å². The summed E-state index contributed by atoms with van der Waals surface area (Å²) in [4.78, 5) is 11.2. The Kier molecular flexibility index (Phi) is 7.03. The summed E-state index contributed by atoms with van der Waals surface area (Å²) in [5, 5.41) is 14.9. The lowest BCUT2D eigenvalue weighted by Gasteiger charge is -2.31. The standard InChI is InChI=1S/C28H25ClF2N2O3/c29-20-10-12-21(13-11-20)33-26(22-14-23(30)24(31)15-25(22)32-33)27(18-4-2-1-3-5-18)36-16-17-6-8-19(9-7-17)28(34)35/h6-15,18,27H,1-5,16H2,(H,34,35). The molecule has 1 fully saturated rings. The molecule has 5 nitrogen and oxygen atoms in total. The number of benzene rings is 3. The third kappa shape index (κ3) is 4.99. The first-order valence-corrected chi connectivity index (χ1v) is 12.4. The van der Waals surface area contributed by atoms with Crippen LogP contribution in [-0.4, -0.2) is 20.9 Å². The molecule has 1 heterocycles. The van der Waals surface area contributed by atoms with Gasteiger partial charge < -0.3 is 9.84 Å². The average molecular weight is 511 g/mol. The molecular formula is C28H25ClF2N2O3. The zero-order valence-corrected chi connectivity index (χ0v) is 20.2. The Morgan fingerprint density at radius 2 is 1.69 bits per heavy atom. The summed E-state index contributed by atoms with van der Waals surface area (Å²) in [6, 6.07) is 16.0. The van der Waals surface area contributed by atoms with Crippen molar-refractivity contribution in [1.82, 2.24) is 9.78 Å². The van der Waals surface area contributed by atoms with Gasteiger partial charge in [0.05, 0.1) is 29.1 Å². The molecule has 36 heavy (non-hydrogen) atoms. The number of carbonyl (C=O) groups is 1. The lowest BCUT2D eigenvalue weighted by molar-refractivity contribution is -0.0155. The molecule has 1 saturated carbocycles. The number of aromatic nitrogens is 2. The van der Waals surface area contributed by atoms with Gasteiger partial charge in [0, 0.05) is 16.5 Å². The van der Waals surface area contributed by atoms with Crippen LogP contribution < -0.4 is 0 Å². The monoisotopic (exact) mass is 510 g/mol. The van der Waals surface area contributed by atoms with Gasteiger partial charge in [-0.3, -0.25) is 0 Å². The van der Waals surface area contributed by atoms with Gasteiger partial charge in [0.25, 0.3) is 0 Å². The van der Waals surface area contributed by atoms with E-state index in [0.717, 1.165) is 43.7 Å². The van der Waals surface area contributed by atoms with E-state index in [2.05, 4.69) is 5.10 Å². The second-order valence-electron chi connectivity index (χ2n) is 9.19. The molecule has 0 amide bonds. The van der Waals surface area contributed by atoms with Gasteiger partial charge in [0.1, 0.15) is 6.10 Å². The summed E-state index contributed by atoms with van der Waals surface area (Å²) in [6.07, 6.45) is 4.73. The summed E-state index contributed by atoms with van der Waals surface area (Å²) in [7, 11) is 0. The molecule has 1 aromatic heterocycles. The number of halogens is 3. The maximum absolute atomic E-state index is 14.4. The van der Waals surface area contributed by atoms with E-state index in [-0.39, 0.29) is 18.1 Å². The fraction of sp³-hybridized carbons (Fsp3) is 0.286. The molecule has 1 atom stereocenters. The van der Waals surface area contributed by atoms with Gasteiger partial charge in [-0.2, -0.15) is 5.10 Å². The van der Waals surface area contributed by atoms with Crippen LogP contribution in [0.1, 0.15) is 59.8 Å². The van der Waals surface area contributed by atoms with Gasteiger partial charge in [0.15, 0.2) is 11.6 Å². The third-order valence-corrected chi connectivity index (χ3v) is 7.05. The van der Waals surface area contributed by atoms with E-state index < -0.39 is 23.7 Å². The molecule has 0 aliphatic heterocycles. The van der Waals surface area contributed by atoms with Crippen molar-refractivity contribution < 1.29 is 23.4 Å². The highest BCUT2D eigenvalue weighted by atomic mass is 35.5. The maximum atomic E-state index is 14.4. The second kappa shape index (κ2) is 10.4. The minimum Gasteiger partial charge on any atom is -0.478 e.